The second-order valence-electron chi connectivity index (χ2n) is 3.61. The number of hydrogen-bond donors (Lipinski definition) is 1. The van der Waals surface area contributed by atoms with Crippen molar-refractivity contribution in [1.29, 1.82) is 0 Å². The zero-order valence-electron chi connectivity index (χ0n) is 9.38. The lowest BCUT2D eigenvalue weighted by Gasteiger charge is -2.09. The quantitative estimate of drug-likeness (QED) is 0.831. The first kappa shape index (κ1) is 12.3. The number of ether oxygens (including phenoxy) is 1. The Morgan fingerprint density at radius 2 is 1.67 bits per heavy atom. The van der Waals surface area contributed by atoms with E-state index in [0.717, 1.165) is 12.1 Å². The number of phenols is 1. The third-order valence-electron chi connectivity index (χ3n) is 2.53. The summed E-state index contributed by atoms with van der Waals surface area (Å²) in [6.45, 7) is 0. The van der Waals surface area contributed by atoms with Gasteiger partial charge in [0, 0.05) is 11.1 Å². The summed E-state index contributed by atoms with van der Waals surface area (Å²) >= 11 is 0. The molecule has 0 saturated heterocycles. The van der Waals surface area contributed by atoms with Crippen molar-refractivity contribution >= 4 is 0 Å². The third-order valence-corrected chi connectivity index (χ3v) is 2.53. The van der Waals surface area contributed by atoms with Crippen molar-refractivity contribution in [3.8, 4) is 22.6 Å². The first-order chi connectivity index (χ1) is 8.54. The Morgan fingerprint density at radius 3 is 2.33 bits per heavy atom. The molecule has 1 N–H and O–H groups in total. The van der Waals surface area contributed by atoms with Crippen molar-refractivity contribution < 1.29 is 23.0 Å². The van der Waals surface area contributed by atoms with E-state index < -0.39 is 17.5 Å². The van der Waals surface area contributed by atoms with Crippen molar-refractivity contribution in [1.82, 2.24) is 0 Å². The molecule has 0 aliphatic carbocycles. The lowest BCUT2D eigenvalue weighted by atomic mass is 10.0. The number of hydrogen-bond acceptors (Lipinski definition) is 2. The molecule has 0 aliphatic rings. The molecule has 5 heteroatoms. The molecule has 0 heterocycles. The topological polar surface area (TPSA) is 29.5 Å². The monoisotopic (exact) mass is 254 g/mol. The zero-order valence-corrected chi connectivity index (χ0v) is 9.38. The van der Waals surface area contributed by atoms with Crippen molar-refractivity contribution in [2.75, 3.05) is 7.11 Å². The molecule has 0 saturated carbocycles. The average molecular weight is 254 g/mol. The molecular formula is C13H9F3O2. The second kappa shape index (κ2) is 4.60. The molecule has 2 aromatic carbocycles. The van der Waals surface area contributed by atoms with Crippen LogP contribution in [-0.2, 0) is 0 Å². The number of methoxy groups -OCH3 is 1. The van der Waals surface area contributed by atoms with Crippen LogP contribution in [-0.4, -0.2) is 12.2 Å². The Hall–Kier alpha value is -2.17. The SMILES string of the molecule is COc1ccc(O)c(-c2ccc(F)c(F)c2F)c1. The summed E-state index contributed by atoms with van der Waals surface area (Å²) in [5, 5.41) is 9.63. The van der Waals surface area contributed by atoms with Gasteiger partial charge in [-0.25, -0.2) is 13.2 Å². The number of rotatable bonds is 2. The van der Waals surface area contributed by atoms with E-state index in [1.807, 2.05) is 0 Å². The molecule has 2 nitrogen and oxygen atoms in total. The van der Waals surface area contributed by atoms with Crippen molar-refractivity contribution in [3.05, 3.63) is 47.8 Å². The molecule has 0 spiro atoms. The second-order valence-corrected chi connectivity index (χ2v) is 3.61. The van der Waals surface area contributed by atoms with Crippen LogP contribution >= 0.6 is 0 Å². The fraction of sp³-hybridized carbons (Fsp3) is 0.0769. The van der Waals surface area contributed by atoms with E-state index in [1.165, 1.54) is 25.3 Å². The summed E-state index contributed by atoms with van der Waals surface area (Å²) < 4.78 is 44.5. The van der Waals surface area contributed by atoms with E-state index in [4.69, 9.17) is 4.74 Å². The molecule has 0 unspecified atom stereocenters. The maximum atomic E-state index is 13.6. The van der Waals surface area contributed by atoms with Gasteiger partial charge in [0.1, 0.15) is 11.5 Å². The minimum absolute atomic E-state index is 0.0331. The maximum Gasteiger partial charge on any atom is 0.195 e. The largest absolute Gasteiger partial charge is 0.507 e. The predicted molar refractivity (Wildman–Crippen MR) is 60.0 cm³/mol. The standard InChI is InChI=1S/C13H9F3O2/c1-18-7-2-5-11(17)9(6-7)8-3-4-10(14)13(16)12(8)15/h2-6,17H,1H3. The summed E-state index contributed by atoms with van der Waals surface area (Å²) in [5.74, 6) is -4.08. The molecule has 2 aromatic rings. The lowest BCUT2D eigenvalue weighted by molar-refractivity contribution is 0.412. The smallest absolute Gasteiger partial charge is 0.195 e. The van der Waals surface area contributed by atoms with Gasteiger partial charge in [0.05, 0.1) is 7.11 Å². The van der Waals surface area contributed by atoms with Crippen LogP contribution in [0.15, 0.2) is 30.3 Å². The van der Waals surface area contributed by atoms with Crippen LogP contribution in [0.5, 0.6) is 11.5 Å². The molecule has 0 bridgehead atoms. The van der Waals surface area contributed by atoms with E-state index in [0.29, 0.717) is 5.75 Å². The van der Waals surface area contributed by atoms with E-state index in [1.54, 1.807) is 0 Å². The highest BCUT2D eigenvalue weighted by molar-refractivity contribution is 5.72. The fourth-order valence-electron chi connectivity index (χ4n) is 1.59. The van der Waals surface area contributed by atoms with Gasteiger partial charge in [-0.1, -0.05) is 0 Å². The van der Waals surface area contributed by atoms with Gasteiger partial charge >= 0.3 is 0 Å². The number of phenolic OH excluding ortho intramolecular Hbond substituents is 1. The maximum absolute atomic E-state index is 13.6. The molecule has 94 valence electrons. The first-order valence-corrected chi connectivity index (χ1v) is 5.05. The van der Waals surface area contributed by atoms with Crippen LogP contribution in [0.25, 0.3) is 11.1 Å². The van der Waals surface area contributed by atoms with Crippen LogP contribution in [0.1, 0.15) is 0 Å². The van der Waals surface area contributed by atoms with Crippen molar-refractivity contribution in [2.45, 2.75) is 0 Å². The molecule has 0 aromatic heterocycles. The van der Waals surface area contributed by atoms with Gasteiger partial charge in [-0.3, -0.25) is 0 Å². The van der Waals surface area contributed by atoms with Gasteiger partial charge < -0.3 is 9.84 Å². The van der Waals surface area contributed by atoms with E-state index in [2.05, 4.69) is 0 Å². The Morgan fingerprint density at radius 1 is 0.944 bits per heavy atom. The van der Waals surface area contributed by atoms with Gasteiger partial charge in [0.2, 0.25) is 0 Å². The molecule has 2 rings (SSSR count). The van der Waals surface area contributed by atoms with Gasteiger partial charge in [0.15, 0.2) is 17.5 Å². The van der Waals surface area contributed by atoms with Crippen LogP contribution in [0.3, 0.4) is 0 Å². The van der Waals surface area contributed by atoms with E-state index >= 15 is 0 Å². The minimum Gasteiger partial charge on any atom is -0.507 e. The number of halogens is 3. The predicted octanol–water partition coefficient (Wildman–Crippen LogP) is 3.49. The van der Waals surface area contributed by atoms with E-state index in [-0.39, 0.29) is 16.9 Å². The molecule has 0 atom stereocenters. The Kier molecular flexibility index (Phi) is 3.14. The molecule has 0 radical (unpaired) electrons. The summed E-state index contributed by atoms with van der Waals surface area (Å²) in [6, 6.07) is 5.95. The highest BCUT2D eigenvalue weighted by Gasteiger charge is 2.17. The molecule has 0 aliphatic heterocycles. The lowest BCUT2D eigenvalue weighted by Crippen LogP contribution is -1.94. The van der Waals surface area contributed by atoms with Crippen molar-refractivity contribution in [3.63, 3.8) is 0 Å². The van der Waals surface area contributed by atoms with Gasteiger partial charge in [-0.05, 0) is 30.3 Å². The van der Waals surface area contributed by atoms with Crippen LogP contribution < -0.4 is 4.74 Å². The Balaban J connectivity index is 2.65. The number of aromatic hydroxyl groups is 1. The van der Waals surface area contributed by atoms with Gasteiger partial charge in [0.25, 0.3) is 0 Å². The molecule has 0 amide bonds. The highest BCUT2D eigenvalue weighted by Crippen LogP contribution is 2.35. The van der Waals surface area contributed by atoms with E-state index in [9.17, 15) is 18.3 Å². The minimum atomic E-state index is -1.57. The molecule has 0 fully saturated rings. The Labute approximate surface area is 101 Å². The Bertz CT molecular complexity index is 597. The van der Waals surface area contributed by atoms with Crippen LogP contribution in [0, 0.1) is 17.5 Å². The normalized spacial score (nSPS) is 10.4. The molecular weight excluding hydrogens is 245 g/mol. The summed E-state index contributed by atoms with van der Waals surface area (Å²) in [6.07, 6.45) is 0. The van der Waals surface area contributed by atoms with Crippen LogP contribution in [0.4, 0.5) is 13.2 Å². The first-order valence-electron chi connectivity index (χ1n) is 5.05. The summed E-state index contributed by atoms with van der Waals surface area (Å²) in [7, 11) is 1.40. The van der Waals surface area contributed by atoms with Gasteiger partial charge in [-0.15, -0.1) is 0 Å². The summed E-state index contributed by atoms with van der Waals surface area (Å²) in [4.78, 5) is 0. The van der Waals surface area contributed by atoms with Crippen LogP contribution in [0.2, 0.25) is 0 Å². The summed E-state index contributed by atoms with van der Waals surface area (Å²) in [5.41, 5.74) is -0.198. The fourth-order valence-corrected chi connectivity index (χ4v) is 1.59. The van der Waals surface area contributed by atoms with Crippen molar-refractivity contribution in [2.24, 2.45) is 0 Å². The zero-order chi connectivity index (χ0) is 13.3. The highest BCUT2D eigenvalue weighted by atomic mass is 19.2. The number of benzene rings is 2. The average Bonchev–Trinajstić information content (AvgIpc) is 2.37. The molecule has 18 heavy (non-hydrogen) atoms. The third kappa shape index (κ3) is 1.99. The van der Waals surface area contributed by atoms with Gasteiger partial charge in [-0.2, -0.15) is 0 Å².